The number of halogens is 3. The van der Waals surface area contributed by atoms with Crippen molar-refractivity contribution in [2.75, 3.05) is 31.6 Å². The smallest absolute Gasteiger partial charge is 0.416 e. The lowest BCUT2D eigenvalue weighted by Crippen LogP contribution is -2.53. The fourth-order valence-electron chi connectivity index (χ4n) is 8.59. The van der Waals surface area contributed by atoms with Crippen LogP contribution in [0.1, 0.15) is 97.7 Å². The lowest BCUT2D eigenvalue weighted by Gasteiger charge is -2.46. The molecular formula is C36H46F3N7O2. The predicted molar refractivity (Wildman–Crippen MR) is 176 cm³/mol. The summed E-state index contributed by atoms with van der Waals surface area (Å²) < 4.78 is 52.5. The van der Waals surface area contributed by atoms with Crippen LogP contribution >= 0.6 is 0 Å². The van der Waals surface area contributed by atoms with Gasteiger partial charge in [0.15, 0.2) is 0 Å². The number of piperazine rings is 1. The number of likely N-dealkylation sites (N-methyl/N-ethyl adjacent to an activating group) is 1. The maximum Gasteiger partial charge on any atom is 0.416 e. The number of aromatic nitrogens is 4. The van der Waals surface area contributed by atoms with Gasteiger partial charge in [0.1, 0.15) is 24.1 Å². The van der Waals surface area contributed by atoms with Crippen LogP contribution in [0, 0.1) is 11.8 Å². The predicted octanol–water partition coefficient (Wildman–Crippen LogP) is 6.20. The number of anilines is 1. The van der Waals surface area contributed by atoms with Gasteiger partial charge in [-0.05, 0) is 92.3 Å². The number of amides is 1. The average Bonchev–Trinajstić information content (AvgIpc) is 3.76. The summed E-state index contributed by atoms with van der Waals surface area (Å²) in [5.74, 6) is 1.82. The van der Waals surface area contributed by atoms with Gasteiger partial charge < -0.3 is 14.2 Å². The highest BCUT2D eigenvalue weighted by atomic mass is 19.4. The van der Waals surface area contributed by atoms with E-state index in [0.29, 0.717) is 35.6 Å². The van der Waals surface area contributed by atoms with E-state index in [0.717, 1.165) is 69.5 Å². The van der Waals surface area contributed by atoms with E-state index in [4.69, 9.17) is 9.72 Å². The molecule has 3 aromatic rings. The van der Waals surface area contributed by atoms with Crippen LogP contribution < -0.4 is 9.64 Å². The molecular weight excluding hydrogens is 619 g/mol. The zero-order valence-corrected chi connectivity index (χ0v) is 28.6. The first-order valence-corrected chi connectivity index (χ1v) is 17.3. The molecule has 4 aliphatic rings. The Morgan fingerprint density at radius 2 is 1.81 bits per heavy atom. The zero-order valence-electron chi connectivity index (χ0n) is 28.6. The maximum absolute atomic E-state index is 14.7. The van der Waals surface area contributed by atoms with Crippen molar-refractivity contribution in [3.05, 3.63) is 64.2 Å². The highest BCUT2D eigenvalue weighted by Gasteiger charge is 2.49. The number of nitrogens with zero attached hydrogens (tertiary/aromatic N) is 7. The molecule has 2 saturated carbocycles. The minimum absolute atomic E-state index is 0.000724. The lowest BCUT2D eigenvalue weighted by molar-refractivity contribution is -0.138. The third kappa shape index (κ3) is 5.99. The quantitative estimate of drug-likeness (QED) is 0.284. The first-order chi connectivity index (χ1) is 22.8. The van der Waals surface area contributed by atoms with Crippen molar-refractivity contribution in [3.63, 3.8) is 0 Å². The van der Waals surface area contributed by atoms with E-state index in [9.17, 15) is 18.0 Å². The fourth-order valence-corrected chi connectivity index (χ4v) is 8.59. The van der Waals surface area contributed by atoms with E-state index in [1.54, 1.807) is 12.4 Å². The van der Waals surface area contributed by atoms with Gasteiger partial charge in [0.25, 0.3) is 5.91 Å². The molecule has 7 rings (SSSR count). The summed E-state index contributed by atoms with van der Waals surface area (Å²) in [6, 6.07) is 6.94. The van der Waals surface area contributed by atoms with E-state index in [1.807, 2.05) is 23.7 Å². The van der Waals surface area contributed by atoms with Gasteiger partial charge in [-0.1, -0.05) is 20.8 Å². The van der Waals surface area contributed by atoms with Crippen molar-refractivity contribution in [2.24, 2.45) is 18.9 Å². The Kier molecular flexibility index (Phi) is 8.55. The molecule has 1 saturated heterocycles. The molecule has 1 atom stereocenters. The van der Waals surface area contributed by atoms with Crippen molar-refractivity contribution in [3.8, 4) is 5.88 Å². The number of alkyl halides is 3. The minimum atomic E-state index is -4.61. The van der Waals surface area contributed by atoms with E-state index >= 15 is 0 Å². The summed E-state index contributed by atoms with van der Waals surface area (Å²) in [7, 11) is 3.99. The van der Waals surface area contributed by atoms with Crippen LogP contribution in [0.5, 0.6) is 5.88 Å². The highest BCUT2D eigenvalue weighted by molar-refractivity contribution is 6.10. The third-order valence-corrected chi connectivity index (χ3v) is 11.0. The standard InChI is InChI=1S/C36H46F3N7O2/c1-22(2)30-20-43(4)10-11-45(30)18-24-12-27-28(29(13-24)36(37,38)39)19-46(33(27)47)31-14-25(15-32(41-31)48-26-8-6-7-9-26)35(16-23(3)17-35)34-42-40-21-44(34)5/h12-15,21-23,26,30H,6-11,16-20H2,1-5H3/t23-,30-,35-/m1/s1. The van der Waals surface area contributed by atoms with Gasteiger partial charge in [0.2, 0.25) is 5.88 Å². The monoisotopic (exact) mass is 665 g/mol. The number of rotatable bonds is 8. The molecule has 2 aromatic heterocycles. The van der Waals surface area contributed by atoms with Gasteiger partial charge in [-0.3, -0.25) is 14.6 Å². The minimum Gasteiger partial charge on any atom is -0.474 e. The summed E-state index contributed by atoms with van der Waals surface area (Å²) in [6.07, 6.45) is 2.73. The number of aryl methyl sites for hydroxylation is 1. The number of benzene rings is 1. The van der Waals surface area contributed by atoms with Crippen LogP contribution in [0.15, 0.2) is 30.6 Å². The van der Waals surface area contributed by atoms with Crippen LogP contribution in [0.2, 0.25) is 0 Å². The molecule has 2 aliphatic carbocycles. The van der Waals surface area contributed by atoms with Gasteiger partial charge in [0, 0.05) is 50.9 Å². The van der Waals surface area contributed by atoms with Crippen molar-refractivity contribution >= 4 is 11.7 Å². The van der Waals surface area contributed by atoms with Gasteiger partial charge in [-0.25, -0.2) is 0 Å². The topological polar surface area (TPSA) is 79.6 Å². The van der Waals surface area contributed by atoms with Crippen molar-refractivity contribution in [2.45, 2.75) is 96.1 Å². The summed E-state index contributed by atoms with van der Waals surface area (Å²) in [5, 5.41) is 8.64. The highest BCUT2D eigenvalue weighted by Crippen LogP contribution is 2.53. The van der Waals surface area contributed by atoms with E-state index < -0.39 is 23.1 Å². The Morgan fingerprint density at radius 3 is 2.46 bits per heavy atom. The Morgan fingerprint density at radius 1 is 1.06 bits per heavy atom. The second kappa shape index (κ2) is 12.4. The van der Waals surface area contributed by atoms with Gasteiger partial charge in [-0.2, -0.15) is 18.2 Å². The number of hydrogen-bond donors (Lipinski definition) is 0. The van der Waals surface area contributed by atoms with Crippen LogP contribution in [0.25, 0.3) is 0 Å². The molecule has 2 aliphatic heterocycles. The average molecular weight is 666 g/mol. The molecule has 48 heavy (non-hydrogen) atoms. The van der Waals surface area contributed by atoms with E-state index in [1.165, 1.54) is 11.0 Å². The Bertz CT molecular complexity index is 1680. The van der Waals surface area contributed by atoms with E-state index in [2.05, 4.69) is 47.8 Å². The maximum atomic E-state index is 14.7. The van der Waals surface area contributed by atoms with Crippen LogP contribution in [0.4, 0.5) is 19.0 Å². The molecule has 0 radical (unpaired) electrons. The van der Waals surface area contributed by atoms with Crippen molar-refractivity contribution < 1.29 is 22.7 Å². The number of ether oxygens (including phenoxy) is 1. The van der Waals surface area contributed by atoms with Crippen molar-refractivity contribution in [1.29, 1.82) is 0 Å². The lowest BCUT2D eigenvalue weighted by atomic mass is 9.58. The summed E-state index contributed by atoms with van der Waals surface area (Å²) >= 11 is 0. The van der Waals surface area contributed by atoms with Gasteiger partial charge >= 0.3 is 6.18 Å². The third-order valence-electron chi connectivity index (χ3n) is 11.0. The van der Waals surface area contributed by atoms with E-state index in [-0.39, 0.29) is 29.8 Å². The molecule has 0 spiro atoms. The Balaban J connectivity index is 1.27. The summed E-state index contributed by atoms with van der Waals surface area (Å²) in [6.45, 7) is 9.07. The molecule has 1 amide bonds. The molecule has 0 bridgehead atoms. The molecule has 1 aromatic carbocycles. The number of fused-ring (bicyclic) bond motifs is 1. The van der Waals surface area contributed by atoms with Crippen LogP contribution in [-0.4, -0.2) is 74.3 Å². The normalized spacial score (nSPS) is 25.6. The number of pyridine rings is 1. The first kappa shape index (κ1) is 33.0. The molecule has 12 heteroatoms. The molecule has 9 nitrogen and oxygen atoms in total. The number of carbonyl (C=O) groups excluding carboxylic acids is 1. The Hall–Kier alpha value is -3.51. The van der Waals surface area contributed by atoms with Crippen molar-refractivity contribution in [1.82, 2.24) is 29.5 Å². The molecule has 258 valence electrons. The largest absolute Gasteiger partial charge is 0.474 e. The first-order valence-electron chi connectivity index (χ1n) is 17.3. The second-order valence-electron chi connectivity index (χ2n) is 15.0. The zero-order chi connectivity index (χ0) is 34.0. The SMILES string of the molecule is CC(C)[C@H]1CN(C)CCN1Cc1cc2c(c(C(F)(F)F)c1)CN(c1cc([C@]3(c4nncn4C)C[C@H](C)C3)cc(OC3CCCC3)n1)C2=O. The molecule has 0 N–H and O–H groups in total. The second-order valence-corrected chi connectivity index (χ2v) is 15.0. The summed E-state index contributed by atoms with van der Waals surface area (Å²) in [5.41, 5.74) is 0.281. The fraction of sp³-hybridized carbons (Fsp3) is 0.611. The van der Waals surface area contributed by atoms with Gasteiger partial charge in [0.05, 0.1) is 17.5 Å². The Labute approximate surface area is 280 Å². The number of carbonyl (C=O) groups is 1. The van der Waals surface area contributed by atoms with Gasteiger partial charge in [-0.15, -0.1) is 10.2 Å². The van der Waals surface area contributed by atoms with Crippen LogP contribution in [0.3, 0.4) is 0 Å². The molecule has 0 unspecified atom stereocenters. The summed E-state index contributed by atoms with van der Waals surface area (Å²) in [4.78, 5) is 24.9. The van der Waals surface area contributed by atoms with Crippen LogP contribution in [-0.2, 0) is 31.7 Å². The molecule has 4 heterocycles. The number of hydrogen-bond acceptors (Lipinski definition) is 7. The molecule has 3 fully saturated rings.